The van der Waals surface area contributed by atoms with E-state index in [9.17, 15) is 13.2 Å². The lowest BCUT2D eigenvalue weighted by molar-refractivity contribution is -0.115. The second-order valence-electron chi connectivity index (χ2n) is 9.78. The van der Waals surface area contributed by atoms with Crippen molar-refractivity contribution in [3.05, 3.63) is 53.1 Å². The van der Waals surface area contributed by atoms with Crippen LogP contribution in [0.1, 0.15) is 48.8 Å². The van der Waals surface area contributed by atoms with Crippen molar-refractivity contribution in [2.75, 3.05) is 49.6 Å². The third kappa shape index (κ3) is 5.55. The van der Waals surface area contributed by atoms with E-state index in [4.69, 9.17) is 4.74 Å². The van der Waals surface area contributed by atoms with Gasteiger partial charge in [0.05, 0.1) is 35.9 Å². The van der Waals surface area contributed by atoms with Crippen LogP contribution in [0.4, 0.5) is 11.4 Å². The van der Waals surface area contributed by atoms with Crippen LogP contribution in [-0.4, -0.2) is 58.0 Å². The number of nitrogens with zero attached hydrogens (tertiary/aromatic N) is 2. The van der Waals surface area contributed by atoms with Gasteiger partial charge < -0.3 is 15.0 Å². The quantitative estimate of drug-likeness (QED) is 0.658. The summed E-state index contributed by atoms with van der Waals surface area (Å²) in [7, 11) is -3.66. The van der Waals surface area contributed by atoms with Gasteiger partial charge in [-0.05, 0) is 67.0 Å². The summed E-state index contributed by atoms with van der Waals surface area (Å²) in [5.74, 6) is -0.125. The van der Waals surface area contributed by atoms with E-state index in [0.29, 0.717) is 32.0 Å². The van der Waals surface area contributed by atoms with Gasteiger partial charge in [-0.1, -0.05) is 31.0 Å². The average molecular weight is 498 g/mol. The Morgan fingerprint density at radius 3 is 2.37 bits per heavy atom. The predicted octanol–water partition coefficient (Wildman–Crippen LogP) is 3.76. The molecule has 3 aliphatic rings. The van der Waals surface area contributed by atoms with Crippen molar-refractivity contribution in [2.45, 2.75) is 56.3 Å². The summed E-state index contributed by atoms with van der Waals surface area (Å²) in [6, 6.07) is 11.5. The summed E-state index contributed by atoms with van der Waals surface area (Å²) in [5, 5.41) is 3.07. The van der Waals surface area contributed by atoms with Crippen molar-refractivity contribution in [1.29, 1.82) is 0 Å². The fourth-order valence-electron chi connectivity index (χ4n) is 5.41. The molecule has 2 aliphatic heterocycles. The van der Waals surface area contributed by atoms with Gasteiger partial charge >= 0.3 is 0 Å². The maximum absolute atomic E-state index is 13.3. The molecule has 7 nitrogen and oxygen atoms in total. The summed E-state index contributed by atoms with van der Waals surface area (Å²) < 4.78 is 33.4. The molecule has 2 fully saturated rings. The van der Waals surface area contributed by atoms with Gasteiger partial charge in [0.25, 0.3) is 0 Å². The van der Waals surface area contributed by atoms with Gasteiger partial charge in [0.15, 0.2) is 0 Å². The zero-order valence-electron chi connectivity index (χ0n) is 20.3. The van der Waals surface area contributed by atoms with Crippen LogP contribution in [0.25, 0.3) is 0 Å². The smallest absolute Gasteiger partial charge is 0.243 e. The Bertz CT molecular complexity index is 1170. The Morgan fingerprint density at radius 1 is 0.857 bits per heavy atom. The van der Waals surface area contributed by atoms with E-state index in [0.717, 1.165) is 50.0 Å². The molecule has 1 N–H and O–H groups in total. The van der Waals surface area contributed by atoms with Crippen molar-refractivity contribution in [2.24, 2.45) is 0 Å². The topological polar surface area (TPSA) is 79.0 Å². The van der Waals surface area contributed by atoms with Crippen LogP contribution in [0.3, 0.4) is 0 Å². The molecule has 0 atom stereocenters. The number of hydrogen-bond donors (Lipinski definition) is 1. The first-order valence-corrected chi connectivity index (χ1v) is 14.3. The first kappa shape index (κ1) is 24.3. The van der Waals surface area contributed by atoms with Gasteiger partial charge in [0.2, 0.25) is 15.9 Å². The highest BCUT2D eigenvalue weighted by Gasteiger charge is 2.28. The Morgan fingerprint density at radius 2 is 1.60 bits per heavy atom. The number of benzene rings is 2. The highest BCUT2D eigenvalue weighted by atomic mass is 32.2. The number of sulfonamides is 1. The molecule has 2 aromatic carbocycles. The fourth-order valence-corrected chi connectivity index (χ4v) is 6.85. The highest BCUT2D eigenvalue weighted by molar-refractivity contribution is 7.89. The Hall–Kier alpha value is -2.42. The van der Waals surface area contributed by atoms with Crippen LogP contribution in [0.15, 0.2) is 41.3 Å². The van der Waals surface area contributed by atoms with Crippen molar-refractivity contribution in [1.82, 2.24) is 4.31 Å². The summed E-state index contributed by atoms with van der Waals surface area (Å²) in [6.07, 6.45) is 8.21. The average Bonchev–Trinajstić information content (AvgIpc) is 3.16. The number of rotatable bonds is 6. The number of morpholine rings is 1. The SMILES string of the molecule is O=C(Cc1ccc2c(c1)CCC2)Nc1cc(S(=O)(=O)N2CCOCC2)ccc1N1CCCCCC1. The Labute approximate surface area is 208 Å². The van der Waals surface area contributed by atoms with E-state index in [2.05, 4.69) is 22.3 Å². The molecule has 0 bridgehead atoms. The maximum atomic E-state index is 13.3. The van der Waals surface area contributed by atoms with Gasteiger partial charge in [-0.2, -0.15) is 4.31 Å². The Kier molecular flexibility index (Phi) is 7.41. The summed E-state index contributed by atoms with van der Waals surface area (Å²) in [6.45, 7) is 3.30. The molecular formula is C27H35N3O4S. The second-order valence-corrected chi connectivity index (χ2v) is 11.7. The van der Waals surface area contributed by atoms with Crippen LogP contribution < -0.4 is 10.2 Å². The van der Waals surface area contributed by atoms with Crippen LogP contribution in [0.2, 0.25) is 0 Å². The van der Waals surface area contributed by atoms with Crippen LogP contribution in [-0.2, 0) is 38.8 Å². The molecule has 2 heterocycles. The van der Waals surface area contributed by atoms with Gasteiger partial charge in [0, 0.05) is 26.2 Å². The predicted molar refractivity (Wildman–Crippen MR) is 138 cm³/mol. The minimum atomic E-state index is -3.66. The third-order valence-corrected chi connectivity index (χ3v) is 9.22. The molecule has 0 radical (unpaired) electrons. The summed E-state index contributed by atoms with van der Waals surface area (Å²) >= 11 is 0. The number of anilines is 2. The number of carbonyl (C=O) groups is 1. The first-order valence-electron chi connectivity index (χ1n) is 12.9. The molecule has 0 saturated carbocycles. The molecule has 2 aromatic rings. The number of aryl methyl sites for hydroxylation is 2. The Balaban J connectivity index is 1.41. The van der Waals surface area contributed by atoms with E-state index >= 15 is 0 Å². The molecule has 35 heavy (non-hydrogen) atoms. The lowest BCUT2D eigenvalue weighted by Crippen LogP contribution is -2.40. The number of hydrogen-bond acceptors (Lipinski definition) is 5. The molecular weight excluding hydrogens is 462 g/mol. The summed E-state index contributed by atoms with van der Waals surface area (Å²) in [4.78, 5) is 15.6. The van der Waals surface area contributed by atoms with Crippen molar-refractivity contribution < 1.29 is 17.9 Å². The van der Waals surface area contributed by atoms with Gasteiger partial charge in [-0.15, -0.1) is 0 Å². The van der Waals surface area contributed by atoms with Gasteiger partial charge in [-0.3, -0.25) is 4.79 Å². The van der Waals surface area contributed by atoms with Crippen molar-refractivity contribution >= 4 is 27.3 Å². The van der Waals surface area contributed by atoms with E-state index in [1.54, 1.807) is 12.1 Å². The second kappa shape index (κ2) is 10.7. The first-order chi connectivity index (χ1) is 17.0. The van der Waals surface area contributed by atoms with E-state index < -0.39 is 10.0 Å². The highest BCUT2D eigenvalue weighted by Crippen LogP contribution is 2.32. The van der Waals surface area contributed by atoms with E-state index in [-0.39, 0.29) is 17.2 Å². The molecule has 0 spiro atoms. The minimum Gasteiger partial charge on any atom is -0.379 e. The number of carbonyl (C=O) groups excluding carboxylic acids is 1. The lowest BCUT2D eigenvalue weighted by atomic mass is 10.0. The number of fused-ring (bicyclic) bond motifs is 1. The van der Waals surface area contributed by atoms with Crippen molar-refractivity contribution in [3.63, 3.8) is 0 Å². The normalized spacial score (nSPS) is 19.3. The third-order valence-electron chi connectivity index (χ3n) is 7.32. The molecule has 188 valence electrons. The molecule has 0 aromatic heterocycles. The standard InChI is InChI=1S/C27H35N3O4S/c31-27(19-21-8-9-22-6-5-7-23(22)18-21)28-25-20-24(35(32,33)30-14-16-34-17-15-30)10-11-26(25)29-12-3-1-2-4-13-29/h8-11,18,20H,1-7,12-17,19H2,(H,28,31). The van der Waals surface area contributed by atoms with Gasteiger partial charge in [-0.25, -0.2) is 8.42 Å². The molecule has 5 rings (SSSR count). The van der Waals surface area contributed by atoms with E-state index in [1.165, 1.54) is 34.7 Å². The monoisotopic (exact) mass is 497 g/mol. The van der Waals surface area contributed by atoms with Crippen LogP contribution in [0.5, 0.6) is 0 Å². The molecule has 1 amide bonds. The largest absolute Gasteiger partial charge is 0.379 e. The number of nitrogens with one attached hydrogen (secondary N) is 1. The van der Waals surface area contributed by atoms with Crippen LogP contribution in [0, 0.1) is 0 Å². The molecule has 0 unspecified atom stereocenters. The summed E-state index contributed by atoms with van der Waals surface area (Å²) in [5.41, 5.74) is 5.21. The lowest BCUT2D eigenvalue weighted by Gasteiger charge is -2.28. The minimum absolute atomic E-state index is 0.125. The number of amides is 1. The van der Waals surface area contributed by atoms with Crippen molar-refractivity contribution in [3.8, 4) is 0 Å². The van der Waals surface area contributed by atoms with Crippen LogP contribution >= 0.6 is 0 Å². The zero-order valence-corrected chi connectivity index (χ0v) is 21.1. The zero-order chi connectivity index (χ0) is 24.3. The van der Waals surface area contributed by atoms with E-state index in [1.807, 2.05) is 12.1 Å². The van der Waals surface area contributed by atoms with Gasteiger partial charge in [0.1, 0.15) is 0 Å². The fraction of sp³-hybridized carbons (Fsp3) is 0.519. The molecule has 1 aliphatic carbocycles. The molecule has 2 saturated heterocycles. The maximum Gasteiger partial charge on any atom is 0.243 e. The number of ether oxygens (including phenoxy) is 1. The molecule has 8 heteroatoms.